The normalized spacial score (nSPS) is 10.4. The Labute approximate surface area is 127 Å². The molecule has 0 atom stereocenters. The van der Waals surface area contributed by atoms with Crippen LogP contribution in [-0.4, -0.2) is 16.1 Å². The molecule has 1 amide bonds. The average Bonchev–Trinajstić information content (AvgIpc) is 2.23. The third-order valence-electron chi connectivity index (χ3n) is 2.12. The molecule has 0 radical (unpaired) electrons. The van der Waals surface area contributed by atoms with Crippen molar-refractivity contribution >= 4 is 52.1 Å². The molecule has 0 aliphatic carbocycles. The Hall–Kier alpha value is -1.04. The van der Waals surface area contributed by atoms with E-state index in [2.05, 4.69) is 10.6 Å². The molecule has 0 saturated heterocycles. The number of halogens is 2. The number of thiocarbonyl (C=S) groups is 1. The van der Waals surface area contributed by atoms with Crippen LogP contribution in [-0.2, 0) is 4.79 Å². The Morgan fingerprint density at radius 2 is 2.05 bits per heavy atom. The van der Waals surface area contributed by atoms with Crippen molar-refractivity contribution in [1.82, 2.24) is 5.32 Å². The van der Waals surface area contributed by atoms with Crippen molar-refractivity contribution in [2.24, 2.45) is 5.92 Å². The lowest BCUT2D eigenvalue weighted by molar-refractivity contribution is -0.120. The minimum atomic E-state index is -0.194. The van der Waals surface area contributed by atoms with E-state index in [1.807, 2.05) is 13.8 Å². The van der Waals surface area contributed by atoms with Crippen molar-refractivity contribution < 1.29 is 9.90 Å². The van der Waals surface area contributed by atoms with E-state index in [1.165, 1.54) is 12.1 Å². The third-order valence-corrected chi connectivity index (χ3v) is 2.83. The molecule has 0 fully saturated rings. The van der Waals surface area contributed by atoms with Crippen molar-refractivity contribution in [3.05, 3.63) is 22.2 Å². The summed E-state index contributed by atoms with van der Waals surface area (Å²) in [4.78, 5) is 11.5. The standard InChI is InChI=1S/C12H14Cl2N2O2S/c1-6(2)3-10(17)16-12(19)15-9-5-7(13)4-8(14)11(9)18/h4-6,18H,3H2,1-2H3,(H2,15,16,17,19). The number of nitrogens with one attached hydrogen (secondary N) is 2. The number of hydrogen-bond acceptors (Lipinski definition) is 3. The lowest BCUT2D eigenvalue weighted by Gasteiger charge is -2.12. The van der Waals surface area contributed by atoms with E-state index in [-0.39, 0.29) is 33.4 Å². The molecule has 104 valence electrons. The highest BCUT2D eigenvalue weighted by molar-refractivity contribution is 7.80. The average molecular weight is 321 g/mol. The van der Waals surface area contributed by atoms with Crippen LogP contribution in [0.1, 0.15) is 20.3 Å². The van der Waals surface area contributed by atoms with Crippen LogP contribution < -0.4 is 10.6 Å². The van der Waals surface area contributed by atoms with E-state index in [0.29, 0.717) is 11.4 Å². The summed E-state index contributed by atoms with van der Waals surface area (Å²) in [7, 11) is 0. The second-order valence-corrected chi connectivity index (χ2v) is 5.64. The summed E-state index contributed by atoms with van der Waals surface area (Å²) < 4.78 is 0. The van der Waals surface area contributed by atoms with Crippen molar-refractivity contribution in [2.75, 3.05) is 5.32 Å². The molecule has 4 nitrogen and oxygen atoms in total. The van der Waals surface area contributed by atoms with Gasteiger partial charge in [-0.15, -0.1) is 0 Å². The molecule has 0 aliphatic heterocycles. The summed E-state index contributed by atoms with van der Waals surface area (Å²) in [6.45, 7) is 3.86. The largest absolute Gasteiger partial charge is 0.504 e. The van der Waals surface area contributed by atoms with Crippen LogP contribution in [0.2, 0.25) is 10.0 Å². The maximum atomic E-state index is 11.5. The van der Waals surface area contributed by atoms with Gasteiger partial charge in [0.2, 0.25) is 5.91 Å². The number of hydrogen-bond donors (Lipinski definition) is 3. The fourth-order valence-corrected chi connectivity index (χ4v) is 2.08. The fraction of sp³-hybridized carbons (Fsp3) is 0.333. The summed E-state index contributed by atoms with van der Waals surface area (Å²) in [6, 6.07) is 2.87. The van der Waals surface area contributed by atoms with Gasteiger partial charge in [-0.25, -0.2) is 0 Å². The molecule has 0 aromatic heterocycles. The molecule has 0 aliphatic rings. The molecule has 1 rings (SSSR count). The van der Waals surface area contributed by atoms with E-state index >= 15 is 0 Å². The van der Waals surface area contributed by atoms with Gasteiger partial charge in [0, 0.05) is 11.4 Å². The van der Waals surface area contributed by atoms with E-state index in [0.717, 1.165) is 0 Å². The maximum Gasteiger partial charge on any atom is 0.226 e. The Kier molecular flexibility index (Phi) is 5.85. The number of amides is 1. The second-order valence-electron chi connectivity index (χ2n) is 4.38. The summed E-state index contributed by atoms with van der Waals surface area (Å²) in [5, 5.41) is 15.4. The van der Waals surface area contributed by atoms with Crippen LogP contribution in [0, 0.1) is 5.92 Å². The third kappa shape index (κ3) is 5.22. The SMILES string of the molecule is CC(C)CC(=O)NC(=S)Nc1cc(Cl)cc(Cl)c1O. The van der Waals surface area contributed by atoms with Crippen molar-refractivity contribution in [3.63, 3.8) is 0 Å². The zero-order chi connectivity index (χ0) is 14.6. The molecule has 0 unspecified atom stereocenters. The van der Waals surface area contributed by atoms with Gasteiger partial charge in [-0.1, -0.05) is 37.0 Å². The van der Waals surface area contributed by atoms with Gasteiger partial charge in [0.15, 0.2) is 10.9 Å². The zero-order valence-electron chi connectivity index (χ0n) is 10.5. The highest BCUT2D eigenvalue weighted by Crippen LogP contribution is 2.34. The number of anilines is 1. The van der Waals surface area contributed by atoms with Crippen LogP contribution in [0.4, 0.5) is 5.69 Å². The second kappa shape index (κ2) is 6.93. The van der Waals surface area contributed by atoms with Crippen LogP contribution in [0.3, 0.4) is 0 Å². The first-order valence-electron chi connectivity index (χ1n) is 5.58. The van der Waals surface area contributed by atoms with Crippen LogP contribution >= 0.6 is 35.4 Å². The predicted octanol–water partition coefficient (Wildman–Crippen LogP) is 3.56. The molecule has 1 aromatic rings. The summed E-state index contributed by atoms with van der Waals surface area (Å²) >= 11 is 16.6. The number of carbonyl (C=O) groups excluding carboxylic acids is 1. The van der Waals surface area contributed by atoms with Gasteiger partial charge >= 0.3 is 0 Å². The minimum absolute atomic E-state index is 0.0827. The van der Waals surface area contributed by atoms with Crippen molar-refractivity contribution in [2.45, 2.75) is 20.3 Å². The molecule has 0 bridgehead atoms. The molecule has 1 aromatic carbocycles. The fourth-order valence-electron chi connectivity index (χ4n) is 1.36. The van der Waals surface area contributed by atoms with Crippen LogP contribution in [0.25, 0.3) is 0 Å². The molecular weight excluding hydrogens is 307 g/mol. The van der Waals surface area contributed by atoms with Crippen LogP contribution in [0.15, 0.2) is 12.1 Å². The lowest BCUT2D eigenvalue weighted by Crippen LogP contribution is -2.34. The highest BCUT2D eigenvalue weighted by atomic mass is 35.5. The van der Waals surface area contributed by atoms with E-state index in [4.69, 9.17) is 35.4 Å². The number of carbonyl (C=O) groups is 1. The van der Waals surface area contributed by atoms with Gasteiger partial charge < -0.3 is 15.7 Å². The van der Waals surface area contributed by atoms with Gasteiger partial charge in [-0.05, 0) is 30.3 Å². The van der Waals surface area contributed by atoms with Crippen molar-refractivity contribution in [3.8, 4) is 5.75 Å². The van der Waals surface area contributed by atoms with Gasteiger partial charge in [0.05, 0.1) is 10.7 Å². The molecule has 3 N–H and O–H groups in total. The van der Waals surface area contributed by atoms with Gasteiger partial charge in [-0.3, -0.25) is 4.79 Å². The molecule has 0 saturated carbocycles. The highest BCUT2D eigenvalue weighted by Gasteiger charge is 2.11. The summed E-state index contributed by atoms with van der Waals surface area (Å²) in [5.74, 6) is -0.136. The topological polar surface area (TPSA) is 61.4 Å². The first kappa shape index (κ1) is 16.0. The maximum absolute atomic E-state index is 11.5. The zero-order valence-corrected chi connectivity index (χ0v) is 12.8. The Morgan fingerprint density at radius 3 is 2.63 bits per heavy atom. The smallest absolute Gasteiger partial charge is 0.226 e. The number of rotatable bonds is 3. The number of phenols is 1. The summed E-state index contributed by atoms with van der Waals surface area (Å²) in [6.07, 6.45) is 0.365. The first-order valence-corrected chi connectivity index (χ1v) is 6.75. The van der Waals surface area contributed by atoms with E-state index in [1.54, 1.807) is 0 Å². The number of aromatic hydroxyl groups is 1. The Morgan fingerprint density at radius 1 is 1.42 bits per heavy atom. The van der Waals surface area contributed by atoms with E-state index < -0.39 is 0 Å². The first-order chi connectivity index (χ1) is 8.79. The molecule has 0 heterocycles. The summed E-state index contributed by atoms with van der Waals surface area (Å²) in [5.41, 5.74) is 0.243. The number of phenolic OH excluding ortho intramolecular Hbond substituents is 1. The predicted molar refractivity (Wildman–Crippen MR) is 81.9 cm³/mol. The van der Waals surface area contributed by atoms with Gasteiger partial charge in [-0.2, -0.15) is 0 Å². The van der Waals surface area contributed by atoms with Crippen LogP contribution in [0.5, 0.6) is 5.75 Å². The lowest BCUT2D eigenvalue weighted by atomic mass is 10.1. The van der Waals surface area contributed by atoms with Gasteiger partial charge in [0.25, 0.3) is 0 Å². The number of benzene rings is 1. The Balaban J connectivity index is 2.70. The monoisotopic (exact) mass is 320 g/mol. The Bertz CT molecular complexity index is 507. The van der Waals surface area contributed by atoms with E-state index in [9.17, 15) is 9.90 Å². The molecule has 7 heteroatoms. The molecule has 0 spiro atoms. The van der Waals surface area contributed by atoms with Gasteiger partial charge in [0.1, 0.15) is 0 Å². The van der Waals surface area contributed by atoms with Crippen molar-refractivity contribution in [1.29, 1.82) is 0 Å². The molecule has 19 heavy (non-hydrogen) atoms. The quantitative estimate of drug-likeness (QED) is 0.588. The minimum Gasteiger partial charge on any atom is -0.504 e. The molecular formula is C12H14Cl2N2O2S.